The lowest BCUT2D eigenvalue weighted by molar-refractivity contribution is -0.0470. The molecule has 0 aromatic carbocycles. The molecule has 0 bridgehead atoms. The Morgan fingerprint density at radius 1 is 1.18 bits per heavy atom. The summed E-state index contributed by atoms with van der Waals surface area (Å²) in [5.74, 6) is 0.983. The van der Waals surface area contributed by atoms with E-state index in [0.29, 0.717) is 0 Å². The molecule has 0 aromatic heterocycles. The Labute approximate surface area is 107 Å². The first kappa shape index (κ1) is 13.4. The van der Waals surface area contributed by atoms with E-state index in [4.69, 9.17) is 4.74 Å². The second-order valence-corrected chi connectivity index (χ2v) is 6.00. The second-order valence-electron chi connectivity index (χ2n) is 6.00. The number of hydrogen-bond acceptors (Lipinski definition) is 2. The number of nitrogens with one attached hydrogen (secondary N) is 1. The molecule has 0 radical (unpaired) electrons. The predicted octanol–water partition coefficient (Wildman–Crippen LogP) is 3.51. The Morgan fingerprint density at radius 2 is 1.94 bits per heavy atom. The largest absolute Gasteiger partial charge is 0.374 e. The smallest absolute Gasteiger partial charge is 0.0806 e. The summed E-state index contributed by atoms with van der Waals surface area (Å²) < 4.78 is 6.28. The fraction of sp³-hybridized carbons (Fsp3) is 1.00. The molecule has 0 unspecified atom stereocenters. The minimum atomic E-state index is 0.193. The van der Waals surface area contributed by atoms with E-state index in [1.807, 2.05) is 0 Å². The van der Waals surface area contributed by atoms with Gasteiger partial charge in [0.15, 0.2) is 0 Å². The van der Waals surface area contributed by atoms with E-state index in [2.05, 4.69) is 12.2 Å². The van der Waals surface area contributed by atoms with Gasteiger partial charge in [0.25, 0.3) is 0 Å². The van der Waals surface area contributed by atoms with Gasteiger partial charge in [-0.2, -0.15) is 0 Å². The van der Waals surface area contributed by atoms with Gasteiger partial charge in [-0.25, -0.2) is 0 Å². The van der Waals surface area contributed by atoms with E-state index in [1.54, 1.807) is 0 Å². The van der Waals surface area contributed by atoms with Crippen LogP contribution in [0, 0.1) is 5.92 Å². The van der Waals surface area contributed by atoms with Crippen molar-refractivity contribution in [3.63, 3.8) is 0 Å². The van der Waals surface area contributed by atoms with Gasteiger partial charge in [0.2, 0.25) is 0 Å². The van der Waals surface area contributed by atoms with E-state index in [9.17, 15) is 0 Å². The van der Waals surface area contributed by atoms with Gasteiger partial charge in [-0.05, 0) is 38.1 Å². The van der Waals surface area contributed by atoms with Gasteiger partial charge in [0, 0.05) is 13.2 Å². The van der Waals surface area contributed by atoms with Crippen molar-refractivity contribution < 1.29 is 4.74 Å². The monoisotopic (exact) mass is 239 g/mol. The van der Waals surface area contributed by atoms with E-state index >= 15 is 0 Å². The lowest BCUT2D eigenvalue weighted by Gasteiger charge is -2.32. The summed E-state index contributed by atoms with van der Waals surface area (Å²) in [5, 5.41) is 3.56. The molecule has 2 aliphatic carbocycles. The zero-order chi connectivity index (χ0) is 12.0. The van der Waals surface area contributed by atoms with Crippen molar-refractivity contribution in [3.8, 4) is 0 Å². The van der Waals surface area contributed by atoms with Crippen LogP contribution in [0.4, 0.5) is 0 Å². The van der Waals surface area contributed by atoms with Crippen molar-refractivity contribution in [1.82, 2.24) is 5.32 Å². The van der Waals surface area contributed by atoms with E-state index in [1.165, 1.54) is 57.8 Å². The first-order valence-corrected chi connectivity index (χ1v) is 7.69. The van der Waals surface area contributed by atoms with Crippen LogP contribution in [0.1, 0.15) is 64.7 Å². The predicted molar refractivity (Wildman–Crippen MR) is 72.3 cm³/mol. The molecule has 0 aromatic rings. The summed E-state index contributed by atoms with van der Waals surface area (Å²) in [5.41, 5.74) is 0.193. The first-order valence-electron chi connectivity index (χ1n) is 7.69. The molecule has 100 valence electrons. The number of rotatable bonds is 8. The molecule has 1 N–H and O–H groups in total. The lowest BCUT2D eigenvalue weighted by atomic mass is 9.83. The summed E-state index contributed by atoms with van der Waals surface area (Å²) in [6.07, 6.45) is 12.1. The van der Waals surface area contributed by atoms with Crippen molar-refractivity contribution in [2.45, 2.75) is 70.3 Å². The van der Waals surface area contributed by atoms with Gasteiger partial charge >= 0.3 is 0 Å². The van der Waals surface area contributed by atoms with Gasteiger partial charge in [0.1, 0.15) is 0 Å². The van der Waals surface area contributed by atoms with Gasteiger partial charge in [-0.15, -0.1) is 0 Å². The maximum absolute atomic E-state index is 6.28. The lowest BCUT2D eigenvalue weighted by Crippen LogP contribution is -2.41. The molecule has 0 saturated heterocycles. The van der Waals surface area contributed by atoms with Crippen LogP contribution in [-0.4, -0.2) is 25.3 Å². The Bertz CT molecular complexity index is 207. The zero-order valence-electron chi connectivity index (χ0n) is 11.5. The average molecular weight is 239 g/mol. The third-order valence-electron chi connectivity index (χ3n) is 4.55. The first-order chi connectivity index (χ1) is 8.35. The topological polar surface area (TPSA) is 21.3 Å². The highest BCUT2D eigenvalue weighted by Crippen LogP contribution is 2.34. The molecule has 0 aliphatic heterocycles. The summed E-state index contributed by atoms with van der Waals surface area (Å²) in [6.45, 7) is 5.43. The Hall–Kier alpha value is -0.0800. The van der Waals surface area contributed by atoms with Crippen LogP contribution >= 0.6 is 0 Å². The number of hydrogen-bond donors (Lipinski definition) is 1. The van der Waals surface area contributed by atoms with Gasteiger partial charge in [-0.3, -0.25) is 0 Å². The average Bonchev–Trinajstić information content (AvgIpc) is 2.72. The standard InChI is InChI=1S/C15H29NO/c1-2-11-16-13-15(9-3-4-10-15)17-12-8-14-6-5-7-14/h14,16H,2-13H2,1H3. The summed E-state index contributed by atoms with van der Waals surface area (Å²) in [7, 11) is 0. The molecule has 2 saturated carbocycles. The van der Waals surface area contributed by atoms with Crippen LogP contribution in [0.3, 0.4) is 0 Å². The molecule has 17 heavy (non-hydrogen) atoms. The molecule has 0 heterocycles. The third-order valence-corrected chi connectivity index (χ3v) is 4.55. The molecule has 2 heteroatoms. The quantitative estimate of drug-likeness (QED) is 0.655. The molecule has 0 atom stereocenters. The van der Waals surface area contributed by atoms with Crippen molar-refractivity contribution in [2.75, 3.05) is 19.7 Å². The molecule has 2 aliphatic rings. The fourth-order valence-corrected chi connectivity index (χ4v) is 3.11. The Morgan fingerprint density at radius 3 is 2.53 bits per heavy atom. The Kier molecular flexibility index (Phi) is 5.30. The summed E-state index contributed by atoms with van der Waals surface area (Å²) >= 11 is 0. The minimum absolute atomic E-state index is 0.193. The highest BCUT2D eigenvalue weighted by Gasteiger charge is 2.34. The molecular formula is C15H29NO. The summed E-state index contributed by atoms with van der Waals surface area (Å²) in [6, 6.07) is 0. The maximum Gasteiger partial charge on any atom is 0.0806 e. The number of ether oxygens (including phenoxy) is 1. The van der Waals surface area contributed by atoms with Crippen molar-refractivity contribution in [1.29, 1.82) is 0 Å². The third kappa shape index (κ3) is 3.96. The van der Waals surface area contributed by atoms with E-state index < -0.39 is 0 Å². The zero-order valence-corrected chi connectivity index (χ0v) is 11.5. The van der Waals surface area contributed by atoms with Gasteiger partial charge in [0.05, 0.1) is 5.60 Å². The molecule has 2 rings (SSSR count). The van der Waals surface area contributed by atoms with Crippen LogP contribution in [0.5, 0.6) is 0 Å². The van der Waals surface area contributed by atoms with Crippen LogP contribution in [0.15, 0.2) is 0 Å². The van der Waals surface area contributed by atoms with Crippen LogP contribution in [0.25, 0.3) is 0 Å². The van der Waals surface area contributed by atoms with E-state index in [-0.39, 0.29) is 5.60 Å². The van der Waals surface area contributed by atoms with Gasteiger partial charge in [-0.1, -0.05) is 39.0 Å². The molecule has 0 spiro atoms. The minimum Gasteiger partial charge on any atom is -0.374 e. The molecule has 2 fully saturated rings. The second kappa shape index (κ2) is 6.75. The van der Waals surface area contributed by atoms with Crippen LogP contribution < -0.4 is 5.32 Å². The maximum atomic E-state index is 6.28. The van der Waals surface area contributed by atoms with Gasteiger partial charge < -0.3 is 10.1 Å². The highest BCUT2D eigenvalue weighted by atomic mass is 16.5. The van der Waals surface area contributed by atoms with Crippen molar-refractivity contribution in [2.24, 2.45) is 5.92 Å². The molecular weight excluding hydrogens is 210 g/mol. The van der Waals surface area contributed by atoms with Crippen molar-refractivity contribution >= 4 is 0 Å². The molecule has 2 nitrogen and oxygen atoms in total. The van der Waals surface area contributed by atoms with Crippen molar-refractivity contribution in [3.05, 3.63) is 0 Å². The SMILES string of the molecule is CCCNCC1(OCCC2CCC2)CCCC1. The van der Waals surface area contributed by atoms with Crippen LogP contribution in [0.2, 0.25) is 0 Å². The molecule has 0 amide bonds. The Balaban J connectivity index is 1.67. The van der Waals surface area contributed by atoms with E-state index in [0.717, 1.165) is 25.6 Å². The normalized spacial score (nSPS) is 23.8. The van der Waals surface area contributed by atoms with Crippen LogP contribution in [-0.2, 0) is 4.74 Å². The fourth-order valence-electron chi connectivity index (χ4n) is 3.11. The highest BCUT2D eigenvalue weighted by molar-refractivity contribution is 4.88. The summed E-state index contributed by atoms with van der Waals surface area (Å²) in [4.78, 5) is 0.